The van der Waals surface area contributed by atoms with Crippen molar-refractivity contribution in [2.75, 3.05) is 5.32 Å². The highest BCUT2D eigenvalue weighted by molar-refractivity contribution is 5.70. The summed E-state index contributed by atoms with van der Waals surface area (Å²) in [5.74, 6) is 0.0135. The Hall–Kier alpha value is -1.65. The molecule has 3 nitrogen and oxygen atoms in total. The number of benzene rings is 1. The van der Waals surface area contributed by atoms with Crippen LogP contribution in [0.1, 0.15) is 48.3 Å². The average molecular weight is 301 g/mol. The van der Waals surface area contributed by atoms with Gasteiger partial charge in [0.25, 0.3) is 0 Å². The van der Waals surface area contributed by atoms with Gasteiger partial charge in [0.1, 0.15) is 5.82 Å². The van der Waals surface area contributed by atoms with Gasteiger partial charge in [-0.05, 0) is 37.0 Å². The van der Waals surface area contributed by atoms with Gasteiger partial charge in [-0.15, -0.1) is 0 Å². The van der Waals surface area contributed by atoms with Crippen LogP contribution in [0.3, 0.4) is 0 Å². The summed E-state index contributed by atoms with van der Waals surface area (Å²) in [4.78, 5) is 0. The smallest absolute Gasteiger partial charge is 0.190 e. The molecule has 1 saturated heterocycles. The maximum absolute atomic E-state index is 14.9. The minimum absolute atomic E-state index is 0.109. The highest BCUT2D eigenvalue weighted by Crippen LogP contribution is 2.49. The number of allylic oxidation sites excluding steroid dienone is 2. The van der Waals surface area contributed by atoms with Crippen molar-refractivity contribution in [2.45, 2.75) is 51.7 Å². The van der Waals surface area contributed by atoms with Crippen LogP contribution in [0.15, 0.2) is 24.3 Å². The fraction of sp³-hybridized carbons (Fsp3) is 0.444. The molecule has 4 rings (SSSR count). The van der Waals surface area contributed by atoms with Crippen molar-refractivity contribution >= 4 is 5.69 Å². The number of rotatable bonds is 2. The van der Waals surface area contributed by atoms with E-state index in [-0.39, 0.29) is 30.4 Å². The molecule has 22 heavy (non-hydrogen) atoms. The second kappa shape index (κ2) is 4.93. The van der Waals surface area contributed by atoms with Crippen LogP contribution in [-0.4, -0.2) is 12.3 Å². The second-order valence-corrected chi connectivity index (χ2v) is 6.11. The zero-order valence-corrected chi connectivity index (χ0v) is 13.0. The highest BCUT2D eigenvalue weighted by atomic mass is 19.1. The van der Waals surface area contributed by atoms with E-state index in [0.29, 0.717) is 12.1 Å². The number of halogens is 1. The molecule has 0 bridgehead atoms. The third-order valence-electron chi connectivity index (χ3n) is 4.90. The molecule has 0 radical (unpaired) electrons. The van der Waals surface area contributed by atoms with E-state index in [1.807, 2.05) is 32.9 Å². The molecule has 2 unspecified atom stereocenters. The first-order chi connectivity index (χ1) is 10.6. The molecule has 2 heterocycles. The first kappa shape index (κ1) is 14.0. The number of anilines is 1. The number of hydrogen-bond donors (Lipinski definition) is 1. The highest BCUT2D eigenvalue weighted by Gasteiger charge is 2.41. The summed E-state index contributed by atoms with van der Waals surface area (Å²) in [6.45, 7) is 5.83. The molecule has 4 heteroatoms. The van der Waals surface area contributed by atoms with Crippen molar-refractivity contribution in [2.24, 2.45) is 0 Å². The van der Waals surface area contributed by atoms with Crippen LogP contribution in [0.5, 0.6) is 0 Å². The summed E-state index contributed by atoms with van der Waals surface area (Å²) in [7, 11) is 0. The molecule has 1 fully saturated rings. The molecule has 0 aromatic heterocycles. The second-order valence-electron chi connectivity index (χ2n) is 6.11. The molecule has 2 aliphatic heterocycles. The summed E-state index contributed by atoms with van der Waals surface area (Å²) in [5, 5.41) is 3.34. The van der Waals surface area contributed by atoms with Gasteiger partial charge in [-0.1, -0.05) is 31.2 Å². The summed E-state index contributed by atoms with van der Waals surface area (Å²) < 4.78 is 26.4. The fourth-order valence-corrected chi connectivity index (χ4v) is 3.83. The van der Waals surface area contributed by atoms with Crippen molar-refractivity contribution in [3.8, 4) is 0 Å². The van der Waals surface area contributed by atoms with Gasteiger partial charge in [0, 0.05) is 11.5 Å². The largest absolute Gasteiger partial charge is 0.375 e. The monoisotopic (exact) mass is 301 g/mol. The van der Waals surface area contributed by atoms with E-state index in [2.05, 4.69) is 17.5 Å². The van der Waals surface area contributed by atoms with Crippen LogP contribution in [0.4, 0.5) is 10.1 Å². The molecule has 116 valence electrons. The minimum atomic E-state index is -0.380. The predicted octanol–water partition coefficient (Wildman–Crippen LogP) is 4.09. The van der Waals surface area contributed by atoms with Crippen LogP contribution in [0.2, 0.25) is 0 Å². The minimum Gasteiger partial charge on any atom is -0.375 e. The van der Waals surface area contributed by atoms with E-state index in [1.165, 1.54) is 0 Å². The maximum Gasteiger partial charge on any atom is 0.190 e. The third-order valence-corrected chi connectivity index (χ3v) is 4.90. The molecule has 3 aliphatic rings. The molecule has 1 N–H and O–H groups in total. The zero-order valence-electron chi connectivity index (χ0n) is 13.0. The Kier molecular flexibility index (Phi) is 3.13. The van der Waals surface area contributed by atoms with Crippen molar-refractivity contribution in [3.05, 3.63) is 52.4 Å². The molecule has 0 amide bonds. The van der Waals surface area contributed by atoms with E-state index < -0.39 is 0 Å². The molecule has 1 aromatic rings. The number of ether oxygens (including phenoxy) is 2. The molecule has 0 saturated carbocycles. The lowest BCUT2D eigenvalue weighted by molar-refractivity contribution is -0.383. The standard InChI is InChI=1S/C18H20FNO2/c1-4-11-9(2)14(18-21-10(3)22-18)15-12-7-5-6-8-13(12)20-17(15)16(11)19/h5-8,10,12-13,18,20H,4H2,1-3H3. The zero-order chi connectivity index (χ0) is 15.4. The van der Waals surface area contributed by atoms with Gasteiger partial charge in [-0.25, -0.2) is 4.39 Å². The Balaban J connectivity index is 1.92. The third kappa shape index (κ3) is 1.80. The summed E-state index contributed by atoms with van der Waals surface area (Å²) in [6.07, 6.45) is 8.32. The predicted molar refractivity (Wildman–Crippen MR) is 83.3 cm³/mol. The SMILES string of the molecule is CCc1c(C)c(C2OC(C)O2)c2c(c1F)NC1C=CC=CC21. The summed E-state index contributed by atoms with van der Waals surface area (Å²) >= 11 is 0. The van der Waals surface area contributed by atoms with Crippen molar-refractivity contribution < 1.29 is 13.9 Å². The Morgan fingerprint density at radius 3 is 2.59 bits per heavy atom. The lowest BCUT2D eigenvalue weighted by Gasteiger charge is -2.37. The molecule has 2 atom stereocenters. The van der Waals surface area contributed by atoms with Gasteiger partial charge in [0.05, 0.1) is 11.7 Å². The van der Waals surface area contributed by atoms with Crippen molar-refractivity contribution in [3.63, 3.8) is 0 Å². The fourth-order valence-electron chi connectivity index (χ4n) is 3.83. The topological polar surface area (TPSA) is 30.5 Å². The van der Waals surface area contributed by atoms with Crippen LogP contribution < -0.4 is 5.32 Å². The Labute approximate surface area is 129 Å². The van der Waals surface area contributed by atoms with E-state index in [0.717, 1.165) is 22.3 Å². The number of hydrogen-bond acceptors (Lipinski definition) is 3. The Morgan fingerprint density at radius 2 is 1.91 bits per heavy atom. The van der Waals surface area contributed by atoms with Gasteiger partial charge < -0.3 is 14.8 Å². The molecular weight excluding hydrogens is 281 g/mol. The van der Waals surface area contributed by atoms with Crippen LogP contribution >= 0.6 is 0 Å². The number of fused-ring (bicyclic) bond motifs is 3. The van der Waals surface area contributed by atoms with Crippen LogP contribution in [-0.2, 0) is 15.9 Å². The first-order valence-electron chi connectivity index (χ1n) is 7.89. The van der Waals surface area contributed by atoms with Gasteiger partial charge in [-0.3, -0.25) is 0 Å². The lowest BCUT2D eigenvalue weighted by atomic mass is 9.84. The lowest BCUT2D eigenvalue weighted by Crippen LogP contribution is -2.33. The van der Waals surface area contributed by atoms with Gasteiger partial charge in [0.15, 0.2) is 12.6 Å². The van der Waals surface area contributed by atoms with Crippen molar-refractivity contribution in [1.82, 2.24) is 0 Å². The van der Waals surface area contributed by atoms with E-state index >= 15 is 0 Å². The van der Waals surface area contributed by atoms with E-state index in [1.54, 1.807) is 0 Å². The molecule has 1 aliphatic carbocycles. The molecular formula is C18H20FNO2. The summed E-state index contributed by atoms with van der Waals surface area (Å²) in [5.41, 5.74) is 4.33. The maximum atomic E-state index is 14.9. The average Bonchev–Trinajstić information content (AvgIpc) is 2.86. The molecule has 0 spiro atoms. The normalized spacial score (nSPS) is 31.5. The summed E-state index contributed by atoms with van der Waals surface area (Å²) in [6, 6.07) is 0.109. The van der Waals surface area contributed by atoms with E-state index in [4.69, 9.17) is 9.47 Å². The Morgan fingerprint density at radius 1 is 1.18 bits per heavy atom. The van der Waals surface area contributed by atoms with Crippen LogP contribution in [0, 0.1) is 12.7 Å². The molecule has 1 aromatic carbocycles. The Bertz CT molecular complexity index is 689. The van der Waals surface area contributed by atoms with Gasteiger partial charge in [-0.2, -0.15) is 0 Å². The van der Waals surface area contributed by atoms with Gasteiger partial charge >= 0.3 is 0 Å². The number of nitrogens with one attached hydrogen (secondary N) is 1. The van der Waals surface area contributed by atoms with Crippen LogP contribution in [0.25, 0.3) is 0 Å². The van der Waals surface area contributed by atoms with Crippen molar-refractivity contribution in [1.29, 1.82) is 0 Å². The quantitative estimate of drug-likeness (QED) is 0.892. The van der Waals surface area contributed by atoms with E-state index in [9.17, 15) is 4.39 Å². The van der Waals surface area contributed by atoms with Gasteiger partial charge in [0.2, 0.25) is 0 Å². The first-order valence-corrected chi connectivity index (χ1v) is 7.89.